The number of hydrogen-bond donors (Lipinski definition) is 2. The van der Waals surface area contributed by atoms with Crippen molar-refractivity contribution in [3.8, 4) is 0 Å². The highest BCUT2D eigenvalue weighted by molar-refractivity contribution is 14.0. The van der Waals surface area contributed by atoms with Gasteiger partial charge >= 0.3 is 0 Å². The third-order valence-electron chi connectivity index (χ3n) is 4.74. The maximum absolute atomic E-state index is 4.75. The van der Waals surface area contributed by atoms with E-state index in [1.165, 1.54) is 16.1 Å². The fraction of sp³-hybridized carbons (Fsp3) is 0.500. The van der Waals surface area contributed by atoms with Crippen LogP contribution in [-0.2, 0) is 13.0 Å². The van der Waals surface area contributed by atoms with Crippen molar-refractivity contribution >= 4 is 47.0 Å². The Bertz CT molecular complexity index is 773. The summed E-state index contributed by atoms with van der Waals surface area (Å²) in [6.07, 6.45) is 1.14. The van der Waals surface area contributed by atoms with Gasteiger partial charge in [0.15, 0.2) is 5.96 Å². The number of nitrogens with one attached hydrogen (secondary N) is 2. The van der Waals surface area contributed by atoms with Crippen LogP contribution in [0.15, 0.2) is 29.3 Å². The summed E-state index contributed by atoms with van der Waals surface area (Å²) in [5, 5.41) is 7.96. The number of anilines is 1. The van der Waals surface area contributed by atoms with Gasteiger partial charge in [0.25, 0.3) is 0 Å². The summed E-state index contributed by atoms with van der Waals surface area (Å²) >= 11 is 1.73. The molecule has 5 nitrogen and oxygen atoms in total. The second-order valence-corrected chi connectivity index (χ2v) is 8.03. The standard InChI is InChI=1S/C20H29N5S.HI/c1-5-21-20(23-13-19-15(3)24-16(4)26-19)22-12-14(2)25-11-10-17-8-6-7-9-18(17)25;/h6-9,14H,5,10-13H2,1-4H3,(H2,21,22,23);1H. The van der Waals surface area contributed by atoms with Crippen molar-refractivity contribution in [2.24, 2.45) is 4.99 Å². The SMILES string of the molecule is CCNC(=NCc1sc(C)nc1C)NCC(C)N1CCc2ccccc21.I. The summed E-state index contributed by atoms with van der Waals surface area (Å²) in [6, 6.07) is 9.13. The molecule has 0 fully saturated rings. The minimum Gasteiger partial charge on any atom is -0.366 e. The van der Waals surface area contributed by atoms with Crippen LogP contribution in [0.2, 0.25) is 0 Å². The number of fused-ring (bicyclic) bond motifs is 1. The van der Waals surface area contributed by atoms with Crippen LogP contribution in [0.3, 0.4) is 0 Å². The van der Waals surface area contributed by atoms with Gasteiger partial charge in [-0.25, -0.2) is 9.98 Å². The molecule has 1 aliphatic rings. The van der Waals surface area contributed by atoms with E-state index in [2.05, 4.69) is 65.6 Å². The van der Waals surface area contributed by atoms with Gasteiger partial charge in [0.05, 0.1) is 17.2 Å². The third-order valence-corrected chi connectivity index (χ3v) is 5.80. The number of para-hydroxylation sites is 1. The molecule has 0 amide bonds. The molecule has 27 heavy (non-hydrogen) atoms. The second-order valence-electron chi connectivity index (χ2n) is 6.74. The Morgan fingerprint density at radius 2 is 2.07 bits per heavy atom. The molecule has 0 spiro atoms. The van der Waals surface area contributed by atoms with Crippen LogP contribution < -0.4 is 15.5 Å². The van der Waals surface area contributed by atoms with Crippen LogP contribution in [-0.4, -0.2) is 36.6 Å². The monoisotopic (exact) mass is 499 g/mol. The Labute approximate surface area is 183 Å². The normalized spacial score (nSPS) is 14.5. The Morgan fingerprint density at radius 1 is 1.30 bits per heavy atom. The lowest BCUT2D eigenvalue weighted by Gasteiger charge is -2.28. The van der Waals surface area contributed by atoms with E-state index in [-0.39, 0.29) is 24.0 Å². The predicted octanol–water partition coefficient (Wildman–Crippen LogP) is 3.88. The van der Waals surface area contributed by atoms with E-state index in [9.17, 15) is 0 Å². The van der Waals surface area contributed by atoms with Gasteiger partial charge in [-0.15, -0.1) is 35.3 Å². The second kappa shape index (κ2) is 10.3. The lowest BCUT2D eigenvalue weighted by Crippen LogP contribution is -2.45. The molecule has 1 aliphatic heterocycles. The number of rotatable bonds is 6. The maximum atomic E-state index is 4.75. The number of thiazole rings is 1. The highest BCUT2D eigenvalue weighted by Gasteiger charge is 2.22. The number of nitrogens with zero attached hydrogens (tertiary/aromatic N) is 3. The molecule has 1 unspecified atom stereocenters. The van der Waals surface area contributed by atoms with Crippen LogP contribution in [0.25, 0.3) is 0 Å². The summed E-state index contributed by atoms with van der Waals surface area (Å²) in [4.78, 5) is 13.0. The van der Waals surface area contributed by atoms with Crippen molar-refractivity contribution in [2.45, 2.75) is 46.7 Å². The van der Waals surface area contributed by atoms with Crippen molar-refractivity contribution in [3.05, 3.63) is 45.4 Å². The van der Waals surface area contributed by atoms with Gasteiger partial charge < -0.3 is 15.5 Å². The predicted molar refractivity (Wildman–Crippen MR) is 127 cm³/mol. The van der Waals surface area contributed by atoms with E-state index in [0.29, 0.717) is 12.6 Å². The van der Waals surface area contributed by atoms with Gasteiger partial charge in [0.1, 0.15) is 0 Å². The van der Waals surface area contributed by atoms with E-state index in [1.54, 1.807) is 11.3 Å². The zero-order chi connectivity index (χ0) is 18.5. The molecule has 0 aliphatic carbocycles. The number of guanidine groups is 1. The number of aryl methyl sites for hydroxylation is 2. The van der Waals surface area contributed by atoms with Crippen molar-refractivity contribution < 1.29 is 0 Å². The van der Waals surface area contributed by atoms with Crippen molar-refractivity contribution in [1.29, 1.82) is 0 Å². The van der Waals surface area contributed by atoms with Gasteiger partial charge in [-0.2, -0.15) is 0 Å². The fourth-order valence-corrected chi connectivity index (χ4v) is 4.25. The number of hydrogen-bond acceptors (Lipinski definition) is 4. The molecular formula is C20H30IN5S. The Balaban J connectivity index is 0.00000261. The average molecular weight is 499 g/mol. The number of aliphatic imine (C=N–C) groups is 1. The van der Waals surface area contributed by atoms with Crippen molar-refractivity contribution in [2.75, 3.05) is 24.5 Å². The summed E-state index contributed by atoms with van der Waals surface area (Å²) in [5.74, 6) is 0.872. The van der Waals surface area contributed by atoms with Crippen LogP contribution in [0.5, 0.6) is 0 Å². The topological polar surface area (TPSA) is 52.6 Å². The minimum atomic E-state index is 0. The highest BCUT2D eigenvalue weighted by atomic mass is 127. The molecule has 2 aromatic rings. The lowest BCUT2D eigenvalue weighted by molar-refractivity contribution is 0.625. The van der Waals surface area contributed by atoms with Gasteiger partial charge in [0, 0.05) is 36.2 Å². The van der Waals surface area contributed by atoms with E-state index in [0.717, 1.165) is 42.7 Å². The Hall–Kier alpha value is -1.35. The van der Waals surface area contributed by atoms with Gasteiger partial charge in [-0.1, -0.05) is 18.2 Å². The zero-order valence-electron chi connectivity index (χ0n) is 16.6. The van der Waals surface area contributed by atoms with Crippen molar-refractivity contribution in [3.63, 3.8) is 0 Å². The first kappa shape index (κ1) is 21.9. The molecule has 0 bridgehead atoms. The maximum Gasteiger partial charge on any atom is 0.191 e. The van der Waals surface area contributed by atoms with Crippen LogP contribution in [0.1, 0.15) is 35.0 Å². The fourth-order valence-electron chi connectivity index (χ4n) is 3.39. The summed E-state index contributed by atoms with van der Waals surface area (Å²) in [6.45, 7) is 12.0. The molecule has 2 heterocycles. The van der Waals surface area contributed by atoms with Crippen molar-refractivity contribution in [1.82, 2.24) is 15.6 Å². The largest absolute Gasteiger partial charge is 0.366 e. The average Bonchev–Trinajstić information content (AvgIpc) is 3.20. The summed E-state index contributed by atoms with van der Waals surface area (Å²) in [7, 11) is 0. The molecule has 1 aromatic carbocycles. The van der Waals surface area contributed by atoms with E-state index >= 15 is 0 Å². The van der Waals surface area contributed by atoms with Crippen LogP contribution in [0.4, 0.5) is 5.69 Å². The Kier molecular flexibility index (Phi) is 8.34. The number of aromatic nitrogens is 1. The number of halogens is 1. The van der Waals surface area contributed by atoms with Gasteiger partial charge in [0.2, 0.25) is 0 Å². The van der Waals surface area contributed by atoms with Gasteiger partial charge in [-0.3, -0.25) is 0 Å². The molecule has 148 valence electrons. The molecule has 3 rings (SSSR count). The molecule has 0 saturated heterocycles. The van der Waals surface area contributed by atoms with Gasteiger partial charge in [-0.05, 0) is 45.7 Å². The smallest absolute Gasteiger partial charge is 0.191 e. The molecular weight excluding hydrogens is 469 g/mol. The zero-order valence-corrected chi connectivity index (χ0v) is 19.7. The third kappa shape index (κ3) is 5.57. The molecule has 7 heteroatoms. The van der Waals surface area contributed by atoms with Crippen LogP contribution >= 0.6 is 35.3 Å². The number of benzene rings is 1. The summed E-state index contributed by atoms with van der Waals surface area (Å²) in [5.41, 5.74) is 3.92. The lowest BCUT2D eigenvalue weighted by atomic mass is 10.2. The minimum absolute atomic E-state index is 0. The first-order chi connectivity index (χ1) is 12.6. The molecule has 1 aromatic heterocycles. The molecule has 1 atom stereocenters. The first-order valence-electron chi connectivity index (χ1n) is 9.38. The van der Waals surface area contributed by atoms with Crippen LogP contribution in [0, 0.1) is 13.8 Å². The quantitative estimate of drug-likeness (QED) is 0.360. The highest BCUT2D eigenvalue weighted by Crippen LogP contribution is 2.28. The van der Waals surface area contributed by atoms with E-state index in [4.69, 9.17) is 4.99 Å². The molecule has 0 radical (unpaired) electrons. The summed E-state index contributed by atoms with van der Waals surface area (Å²) < 4.78 is 0. The molecule has 2 N–H and O–H groups in total. The van der Waals surface area contributed by atoms with E-state index in [1.807, 2.05) is 6.92 Å². The van der Waals surface area contributed by atoms with E-state index < -0.39 is 0 Å². The molecule has 0 saturated carbocycles. The first-order valence-corrected chi connectivity index (χ1v) is 10.2. The Morgan fingerprint density at radius 3 is 2.78 bits per heavy atom.